The first-order chi connectivity index (χ1) is 22.4. The predicted octanol–water partition coefficient (Wildman–Crippen LogP) is 7.65. The molecule has 8 nitrogen and oxygen atoms in total. The Labute approximate surface area is 290 Å². The third-order valence-electron chi connectivity index (χ3n) is 16.5. The lowest BCUT2D eigenvalue weighted by atomic mass is 9.33. The van der Waals surface area contributed by atoms with Crippen molar-refractivity contribution >= 4 is 18.0 Å². The molecular formula is C40H67N3O5. The van der Waals surface area contributed by atoms with Crippen LogP contribution in [-0.2, 0) is 14.3 Å². The van der Waals surface area contributed by atoms with E-state index < -0.39 is 11.4 Å². The van der Waals surface area contributed by atoms with E-state index in [4.69, 9.17) is 4.74 Å². The number of hydrogen-bond acceptors (Lipinski definition) is 5. The summed E-state index contributed by atoms with van der Waals surface area (Å²) in [6.07, 6.45) is 14.6. The van der Waals surface area contributed by atoms with Crippen molar-refractivity contribution in [1.82, 2.24) is 15.5 Å². The second-order valence-corrected chi connectivity index (χ2v) is 19.6. The molecule has 0 aromatic heterocycles. The fourth-order valence-electron chi connectivity index (χ4n) is 13.4. The van der Waals surface area contributed by atoms with Crippen molar-refractivity contribution in [2.75, 3.05) is 26.7 Å². The summed E-state index contributed by atoms with van der Waals surface area (Å²) in [5.41, 5.74) is -0.725. The summed E-state index contributed by atoms with van der Waals surface area (Å²) < 4.78 is 6.16. The van der Waals surface area contributed by atoms with Crippen LogP contribution < -0.4 is 10.6 Å². The normalized spacial score (nSPS) is 42.8. The van der Waals surface area contributed by atoms with Crippen LogP contribution in [0, 0.1) is 56.7 Å². The van der Waals surface area contributed by atoms with Gasteiger partial charge in [-0.1, -0.05) is 41.0 Å². The van der Waals surface area contributed by atoms with Gasteiger partial charge in [0.1, 0.15) is 6.10 Å². The Morgan fingerprint density at radius 1 is 0.812 bits per heavy atom. The van der Waals surface area contributed by atoms with Gasteiger partial charge in [-0.05, 0) is 157 Å². The van der Waals surface area contributed by atoms with Crippen LogP contribution in [0.15, 0.2) is 0 Å². The summed E-state index contributed by atoms with van der Waals surface area (Å²) in [6, 6.07) is 0.0589. The molecule has 0 bridgehead atoms. The standard InChI is InChI=1S/C40H67N3O5/c1-35(2,33(45)46)24-32(44)48-31-14-18-37(5)29(36(31,3)4)13-19-39(7)30(37)12-11-27-28-10-9-17-40(28,21-20-38(27,39)6)42-34(47)41-25-26-15-22-43(8)23-16-26/h26-31H,9-25H2,1-8H3,(H,45,46)(H2,41,42,47)/t27?,28?,29?,30?,31?,37?,38-,39?,40?/m1/s1. The van der Waals surface area contributed by atoms with Gasteiger partial charge in [-0.3, -0.25) is 9.59 Å². The molecule has 0 radical (unpaired) electrons. The number of esters is 1. The maximum Gasteiger partial charge on any atom is 0.315 e. The Morgan fingerprint density at radius 2 is 1.52 bits per heavy atom. The number of rotatable bonds is 7. The fraction of sp³-hybridized carbons (Fsp3) is 0.925. The van der Waals surface area contributed by atoms with Gasteiger partial charge >= 0.3 is 18.0 Å². The fourth-order valence-corrected chi connectivity index (χ4v) is 13.4. The number of urea groups is 1. The van der Waals surface area contributed by atoms with Gasteiger partial charge in [0.05, 0.1) is 11.8 Å². The summed E-state index contributed by atoms with van der Waals surface area (Å²) in [4.78, 5) is 40.5. The number of carbonyl (C=O) groups is 3. The first kappa shape index (κ1) is 36.0. The molecule has 1 aliphatic heterocycles. The quantitative estimate of drug-likeness (QED) is 0.241. The number of nitrogens with zero attached hydrogens (tertiary/aromatic N) is 1. The molecule has 272 valence electrons. The maximum absolute atomic E-state index is 13.4. The van der Waals surface area contributed by atoms with Gasteiger partial charge in [0.2, 0.25) is 0 Å². The van der Waals surface area contributed by atoms with E-state index in [1.165, 1.54) is 51.4 Å². The number of likely N-dealkylation sites (tertiary alicyclic amines) is 1. The summed E-state index contributed by atoms with van der Waals surface area (Å²) in [5.74, 6) is 1.48. The van der Waals surface area contributed by atoms with Gasteiger partial charge in [-0.25, -0.2) is 4.79 Å². The van der Waals surface area contributed by atoms with E-state index in [-0.39, 0.29) is 51.7 Å². The second kappa shape index (κ2) is 12.4. The predicted molar refractivity (Wildman–Crippen MR) is 188 cm³/mol. The SMILES string of the molecule is CN1CCC(CNC(=O)NC23CCCC2C2CCC4C5(C)CCC(OC(=O)CC(C)(C)C(=O)O)C(C)(C)C5CCC4(C)[C@]2(C)CC3)CC1. The van der Waals surface area contributed by atoms with E-state index in [1.807, 2.05) is 0 Å². The van der Waals surface area contributed by atoms with E-state index >= 15 is 0 Å². The molecule has 8 heteroatoms. The molecule has 6 rings (SSSR count). The van der Waals surface area contributed by atoms with Gasteiger partial charge in [-0.2, -0.15) is 0 Å². The zero-order valence-corrected chi connectivity index (χ0v) is 31.5. The van der Waals surface area contributed by atoms with Crippen LogP contribution in [0.1, 0.15) is 138 Å². The highest BCUT2D eigenvalue weighted by molar-refractivity contribution is 5.81. The molecule has 8 unspecified atom stereocenters. The van der Waals surface area contributed by atoms with E-state index in [0.29, 0.717) is 29.6 Å². The van der Waals surface area contributed by atoms with Crippen LogP contribution in [0.3, 0.4) is 0 Å². The number of hydrogen-bond donors (Lipinski definition) is 3. The highest BCUT2D eigenvalue weighted by Gasteiger charge is 2.70. The molecule has 0 aromatic carbocycles. The lowest BCUT2D eigenvalue weighted by molar-refractivity contribution is -0.244. The molecule has 5 saturated carbocycles. The smallest absolute Gasteiger partial charge is 0.315 e. The van der Waals surface area contributed by atoms with Gasteiger partial charge in [0.15, 0.2) is 0 Å². The van der Waals surface area contributed by atoms with Crippen molar-refractivity contribution in [3.63, 3.8) is 0 Å². The van der Waals surface area contributed by atoms with E-state index in [1.54, 1.807) is 13.8 Å². The number of carboxylic acids is 1. The molecule has 0 aromatic rings. The van der Waals surface area contributed by atoms with Crippen molar-refractivity contribution in [3.05, 3.63) is 0 Å². The third kappa shape index (κ3) is 5.80. The Morgan fingerprint density at radius 3 is 2.21 bits per heavy atom. The number of fused-ring (bicyclic) bond motifs is 7. The zero-order valence-electron chi connectivity index (χ0n) is 31.5. The molecule has 5 aliphatic carbocycles. The van der Waals surface area contributed by atoms with E-state index in [0.717, 1.165) is 51.7 Å². The maximum atomic E-state index is 13.4. The molecule has 48 heavy (non-hydrogen) atoms. The first-order valence-electron chi connectivity index (χ1n) is 19.6. The van der Waals surface area contributed by atoms with Crippen LogP contribution in [0.25, 0.3) is 0 Å². The molecule has 1 heterocycles. The van der Waals surface area contributed by atoms with Gasteiger partial charge in [0.25, 0.3) is 0 Å². The minimum atomic E-state index is -1.13. The number of aliphatic carboxylic acids is 1. The summed E-state index contributed by atoms with van der Waals surface area (Å²) in [7, 11) is 2.19. The van der Waals surface area contributed by atoms with Crippen molar-refractivity contribution in [2.45, 2.75) is 150 Å². The van der Waals surface area contributed by atoms with Crippen LogP contribution in [0.2, 0.25) is 0 Å². The van der Waals surface area contributed by atoms with Gasteiger partial charge in [0, 0.05) is 17.5 Å². The van der Waals surface area contributed by atoms with Gasteiger partial charge < -0.3 is 25.4 Å². The van der Waals surface area contributed by atoms with Crippen molar-refractivity contribution < 1.29 is 24.2 Å². The number of amides is 2. The van der Waals surface area contributed by atoms with Gasteiger partial charge in [-0.15, -0.1) is 0 Å². The average molecular weight is 670 g/mol. The summed E-state index contributed by atoms with van der Waals surface area (Å²) >= 11 is 0. The Bertz CT molecular complexity index is 1260. The van der Waals surface area contributed by atoms with Crippen molar-refractivity contribution in [1.29, 1.82) is 0 Å². The third-order valence-corrected chi connectivity index (χ3v) is 16.5. The molecule has 2 amide bonds. The Kier molecular flexibility index (Phi) is 9.32. The van der Waals surface area contributed by atoms with Crippen LogP contribution in [-0.4, -0.2) is 66.3 Å². The zero-order chi connectivity index (χ0) is 34.9. The number of piperidine rings is 1. The molecule has 1 saturated heterocycles. The lowest BCUT2D eigenvalue weighted by Gasteiger charge is -2.72. The first-order valence-corrected chi connectivity index (χ1v) is 19.6. The Balaban J connectivity index is 1.15. The second-order valence-electron chi connectivity index (χ2n) is 19.6. The molecule has 3 N–H and O–H groups in total. The van der Waals surface area contributed by atoms with Crippen LogP contribution >= 0.6 is 0 Å². The van der Waals surface area contributed by atoms with Crippen LogP contribution in [0.5, 0.6) is 0 Å². The van der Waals surface area contributed by atoms with E-state index in [2.05, 4.69) is 57.2 Å². The minimum Gasteiger partial charge on any atom is -0.481 e. The molecule has 9 atom stereocenters. The number of nitrogens with one attached hydrogen (secondary N) is 2. The van der Waals surface area contributed by atoms with E-state index in [9.17, 15) is 19.5 Å². The summed E-state index contributed by atoms with van der Waals surface area (Å²) in [6.45, 7) is 18.7. The molecule has 6 aliphatic rings. The average Bonchev–Trinajstić information content (AvgIpc) is 3.42. The highest BCUT2D eigenvalue weighted by Crippen LogP contribution is 2.76. The monoisotopic (exact) mass is 670 g/mol. The lowest BCUT2D eigenvalue weighted by Crippen LogP contribution is -2.69. The molecular weight excluding hydrogens is 602 g/mol. The number of ether oxygens (including phenoxy) is 1. The van der Waals surface area contributed by atoms with Crippen molar-refractivity contribution in [2.24, 2.45) is 56.7 Å². The largest absolute Gasteiger partial charge is 0.481 e. The minimum absolute atomic E-state index is 0.0589. The molecule has 0 spiro atoms. The number of carboxylic acid groups (broad SMARTS) is 1. The summed E-state index contributed by atoms with van der Waals surface area (Å²) in [5, 5.41) is 16.5. The topological polar surface area (TPSA) is 108 Å². The Hall–Kier alpha value is -1.83. The number of carbonyl (C=O) groups excluding carboxylic acids is 2. The van der Waals surface area contributed by atoms with Crippen molar-refractivity contribution in [3.8, 4) is 0 Å². The van der Waals surface area contributed by atoms with Crippen LogP contribution in [0.4, 0.5) is 4.79 Å². The molecule has 6 fully saturated rings. The highest BCUT2D eigenvalue weighted by atomic mass is 16.5.